The average molecular weight is 647 g/mol. The van der Waals surface area contributed by atoms with Crippen LogP contribution in [0.15, 0.2) is 182 Å². The summed E-state index contributed by atoms with van der Waals surface area (Å²) in [6.07, 6.45) is 0. The molecule has 0 saturated carbocycles. The summed E-state index contributed by atoms with van der Waals surface area (Å²) in [5.41, 5.74) is 10.0. The molecule has 0 nitrogen and oxygen atoms in total. The third kappa shape index (κ3) is 5.16. The fraction of sp³-hybridized carbons (Fsp3) is 0. The van der Waals surface area contributed by atoms with Crippen LogP contribution in [0.4, 0.5) is 0 Å². The number of rotatable bonds is 6. The highest BCUT2D eigenvalue weighted by Crippen LogP contribution is 2.47. The van der Waals surface area contributed by atoms with Crippen molar-refractivity contribution >= 4 is 44.2 Å². The van der Waals surface area contributed by atoms with Gasteiger partial charge in [-0.3, -0.25) is 0 Å². The smallest absolute Gasteiger partial charge is 0.0349 e. The SMILES string of the molecule is c1ccc(-c2ccc(-c3ccc4c(-c5ccccc5)c5ccc(-c6ccc(-c7ccccc7)s6)cc5c(-c5ccccc5)c4c3)s2)cc1. The third-order valence-corrected chi connectivity index (χ3v) is 11.5. The zero-order chi connectivity index (χ0) is 31.9. The number of thiophene rings is 2. The molecule has 0 radical (unpaired) electrons. The van der Waals surface area contributed by atoms with Crippen molar-refractivity contribution in [3.8, 4) is 64.0 Å². The molecule has 0 aliphatic heterocycles. The lowest BCUT2D eigenvalue weighted by Gasteiger charge is -2.19. The summed E-state index contributed by atoms with van der Waals surface area (Å²) >= 11 is 3.71. The highest BCUT2D eigenvalue weighted by molar-refractivity contribution is 7.19. The fourth-order valence-corrected chi connectivity index (χ4v) is 8.88. The minimum atomic E-state index is 1.23. The summed E-state index contributed by atoms with van der Waals surface area (Å²) in [7, 11) is 0. The number of fused-ring (bicyclic) bond motifs is 2. The zero-order valence-corrected chi connectivity index (χ0v) is 27.8. The number of hydrogen-bond acceptors (Lipinski definition) is 2. The Balaban J connectivity index is 1.31. The molecular formula is C46H30S2. The summed E-state index contributed by atoms with van der Waals surface area (Å²) in [5, 5.41) is 5.08. The molecule has 0 saturated heterocycles. The molecule has 9 aromatic rings. The zero-order valence-electron chi connectivity index (χ0n) is 26.1. The first-order valence-electron chi connectivity index (χ1n) is 16.3. The largest absolute Gasteiger partial charge is 0.135 e. The van der Waals surface area contributed by atoms with Gasteiger partial charge in [0, 0.05) is 19.5 Å². The minimum Gasteiger partial charge on any atom is -0.135 e. The van der Waals surface area contributed by atoms with Crippen molar-refractivity contribution in [1.82, 2.24) is 0 Å². The molecule has 0 aliphatic rings. The van der Waals surface area contributed by atoms with E-state index in [-0.39, 0.29) is 0 Å². The highest BCUT2D eigenvalue weighted by Gasteiger charge is 2.19. The second-order valence-corrected chi connectivity index (χ2v) is 14.2. The summed E-state index contributed by atoms with van der Waals surface area (Å²) in [6.45, 7) is 0. The molecule has 226 valence electrons. The quantitative estimate of drug-likeness (QED) is 0.158. The maximum atomic E-state index is 2.43. The van der Waals surface area contributed by atoms with Gasteiger partial charge < -0.3 is 0 Å². The van der Waals surface area contributed by atoms with Crippen molar-refractivity contribution in [3.63, 3.8) is 0 Å². The second kappa shape index (κ2) is 12.2. The molecule has 2 heterocycles. The van der Waals surface area contributed by atoms with Crippen LogP contribution in [0, 0.1) is 0 Å². The van der Waals surface area contributed by atoms with Crippen molar-refractivity contribution in [2.75, 3.05) is 0 Å². The van der Waals surface area contributed by atoms with Crippen LogP contribution in [0.3, 0.4) is 0 Å². The standard InChI is InChI=1S/C46H30S2/c1-5-13-31(14-6-1)41-25-27-43(47-41)35-21-23-37-39(29-35)46(34-19-11-4-12-20-34)40-30-36(22-24-38(40)45(37)33-17-9-3-10-18-33)44-28-26-42(48-44)32-15-7-2-8-16-32/h1-30H. The van der Waals surface area contributed by atoms with E-state index < -0.39 is 0 Å². The van der Waals surface area contributed by atoms with Gasteiger partial charge in [0.25, 0.3) is 0 Å². The van der Waals surface area contributed by atoms with E-state index in [0.717, 1.165) is 0 Å². The first-order valence-corrected chi connectivity index (χ1v) is 17.9. The van der Waals surface area contributed by atoms with Gasteiger partial charge in [0.05, 0.1) is 0 Å². The molecule has 0 spiro atoms. The molecule has 0 amide bonds. The van der Waals surface area contributed by atoms with E-state index in [2.05, 4.69) is 182 Å². The van der Waals surface area contributed by atoms with E-state index in [4.69, 9.17) is 0 Å². The van der Waals surface area contributed by atoms with Gasteiger partial charge in [0.15, 0.2) is 0 Å². The van der Waals surface area contributed by atoms with E-state index >= 15 is 0 Å². The average Bonchev–Trinajstić information content (AvgIpc) is 3.87. The molecule has 2 aromatic heterocycles. The monoisotopic (exact) mass is 646 g/mol. The number of benzene rings is 7. The van der Waals surface area contributed by atoms with Crippen molar-refractivity contribution in [3.05, 3.63) is 182 Å². The molecule has 0 fully saturated rings. The first-order chi connectivity index (χ1) is 23.8. The van der Waals surface area contributed by atoms with E-state index in [1.807, 2.05) is 22.7 Å². The normalized spacial score (nSPS) is 11.3. The van der Waals surface area contributed by atoms with Crippen molar-refractivity contribution < 1.29 is 0 Å². The maximum absolute atomic E-state index is 2.43. The van der Waals surface area contributed by atoms with E-state index in [1.165, 1.54) is 85.6 Å². The predicted octanol–water partition coefficient (Wildman–Crippen LogP) is 14.1. The van der Waals surface area contributed by atoms with Crippen molar-refractivity contribution in [2.24, 2.45) is 0 Å². The number of hydrogen-bond donors (Lipinski definition) is 0. The Kier molecular flexibility index (Phi) is 7.31. The molecule has 0 N–H and O–H groups in total. The Bertz CT molecular complexity index is 2380. The van der Waals surface area contributed by atoms with Gasteiger partial charge in [0.1, 0.15) is 0 Å². The van der Waals surface area contributed by atoms with Crippen LogP contribution in [0.1, 0.15) is 0 Å². The van der Waals surface area contributed by atoms with E-state index in [0.29, 0.717) is 0 Å². The fourth-order valence-electron chi connectivity index (χ4n) is 6.87. The summed E-state index contributed by atoms with van der Waals surface area (Å²) in [5.74, 6) is 0. The molecule has 2 heteroatoms. The van der Waals surface area contributed by atoms with E-state index in [9.17, 15) is 0 Å². The molecular weight excluding hydrogens is 617 g/mol. The van der Waals surface area contributed by atoms with Gasteiger partial charge >= 0.3 is 0 Å². The first kappa shape index (κ1) is 28.7. The van der Waals surface area contributed by atoms with Gasteiger partial charge in [-0.15, -0.1) is 22.7 Å². The molecule has 0 aliphatic carbocycles. The van der Waals surface area contributed by atoms with Gasteiger partial charge in [-0.1, -0.05) is 146 Å². The van der Waals surface area contributed by atoms with Crippen LogP contribution in [0.2, 0.25) is 0 Å². The van der Waals surface area contributed by atoms with Gasteiger partial charge in [0.2, 0.25) is 0 Å². The van der Waals surface area contributed by atoms with Crippen molar-refractivity contribution in [2.45, 2.75) is 0 Å². The van der Waals surface area contributed by atoms with Crippen LogP contribution in [-0.4, -0.2) is 0 Å². The summed E-state index contributed by atoms with van der Waals surface area (Å²) in [6, 6.07) is 66.4. The molecule has 9 rings (SSSR count). The van der Waals surface area contributed by atoms with Gasteiger partial charge in [-0.05, 0) is 102 Å². The molecule has 7 aromatic carbocycles. The van der Waals surface area contributed by atoms with Gasteiger partial charge in [-0.25, -0.2) is 0 Å². The lowest BCUT2D eigenvalue weighted by molar-refractivity contribution is 1.65. The maximum Gasteiger partial charge on any atom is 0.0349 e. The Labute approximate surface area is 288 Å². The Hall–Kier alpha value is -5.54. The Morgan fingerprint density at radius 2 is 0.542 bits per heavy atom. The topological polar surface area (TPSA) is 0 Å². The Morgan fingerprint density at radius 1 is 0.229 bits per heavy atom. The van der Waals surface area contributed by atoms with Crippen LogP contribution >= 0.6 is 22.7 Å². The Morgan fingerprint density at radius 3 is 0.917 bits per heavy atom. The van der Waals surface area contributed by atoms with Crippen LogP contribution in [0.5, 0.6) is 0 Å². The van der Waals surface area contributed by atoms with Crippen LogP contribution in [0.25, 0.3) is 85.6 Å². The van der Waals surface area contributed by atoms with Crippen LogP contribution in [-0.2, 0) is 0 Å². The highest BCUT2D eigenvalue weighted by atomic mass is 32.1. The lowest BCUT2D eigenvalue weighted by atomic mass is 9.84. The molecule has 0 unspecified atom stereocenters. The summed E-state index contributed by atoms with van der Waals surface area (Å²) in [4.78, 5) is 5.12. The molecule has 0 bridgehead atoms. The minimum absolute atomic E-state index is 1.23. The third-order valence-electron chi connectivity index (χ3n) is 9.14. The molecule has 48 heavy (non-hydrogen) atoms. The second-order valence-electron chi connectivity index (χ2n) is 12.1. The molecule has 0 atom stereocenters. The predicted molar refractivity (Wildman–Crippen MR) is 210 cm³/mol. The van der Waals surface area contributed by atoms with E-state index in [1.54, 1.807) is 0 Å². The van der Waals surface area contributed by atoms with Crippen molar-refractivity contribution in [1.29, 1.82) is 0 Å². The summed E-state index contributed by atoms with van der Waals surface area (Å²) < 4.78 is 0. The van der Waals surface area contributed by atoms with Gasteiger partial charge in [-0.2, -0.15) is 0 Å². The lowest BCUT2D eigenvalue weighted by Crippen LogP contribution is -1.92. The van der Waals surface area contributed by atoms with Crippen LogP contribution < -0.4 is 0 Å².